The lowest BCUT2D eigenvalue weighted by molar-refractivity contribution is 0.112. The lowest BCUT2D eigenvalue weighted by atomic mass is 9.73. The number of nitrogens with zero attached hydrogens (tertiary/aromatic N) is 1. The molecule has 1 saturated carbocycles. The van der Waals surface area contributed by atoms with Crippen LogP contribution in [0.15, 0.2) is 54.1 Å². The fraction of sp³-hybridized carbons (Fsp3) is 0.375. The predicted octanol–water partition coefficient (Wildman–Crippen LogP) is 4.34. The molecule has 2 atom stereocenters. The van der Waals surface area contributed by atoms with Crippen molar-refractivity contribution in [2.75, 3.05) is 27.7 Å². The van der Waals surface area contributed by atoms with Gasteiger partial charge in [-0.3, -0.25) is 4.79 Å². The van der Waals surface area contributed by atoms with Crippen molar-refractivity contribution in [1.29, 1.82) is 0 Å². The number of hydrogen-bond donors (Lipinski definition) is 2. The van der Waals surface area contributed by atoms with E-state index in [1.807, 2.05) is 30.3 Å². The van der Waals surface area contributed by atoms with Crippen LogP contribution in [0.4, 0.5) is 0 Å². The zero-order valence-electron chi connectivity index (χ0n) is 17.0. The second-order valence-corrected chi connectivity index (χ2v) is 7.56. The van der Waals surface area contributed by atoms with Gasteiger partial charge in [-0.1, -0.05) is 42.0 Å². The average molecular weight is 382 g/mol. The normalized spacial score (nSPS) is 20.5. The smallest absolute Gasteiger partial charge is 0.150 e. The van der Waals surface area contributed by atoms with Crippen molar-refractivity contribution in [2.24, 2.45) is 5.92 Å². The minimum atomic E-state index is 0.334. The van der Waals surface area contributed by atoms with Gasteiger partial charge in [0, 0.05) is 19.2 Å². The Balaban J connectivity index is 0.00000136. The van der Waals surface area contributed by atoms with Crippen LogP contribution in [0, 0.1) is 5.92 Å². The molecule has 2 N–H and O–H groups in total. The van der Waals surface area contributed by atoms with Crippen molar-refractivity contribution in [3.63, 3.8) is 0 Å². The van der Waals surface area contributed by atoms with Crippen LogP contribution in [0.5, 0.6) is 5.75 Å². The van der Waals surface area contributed by atoms with E-state index >= 15 is 0 Å². The molecule has 1 aliphatic carbocycles. The molecule has 2 aromatic carbocycles. The van der Waals surface area contributed by atoms with E-state index in [4.69, 9.17) is 5.11 Å². The molecule has 0 amide bonds. The van der Waals surface area contributed by atoms with Crippen molar-refractivity contribution in [1.82, 2.24) is 4.90 Å². The number of carbonyl (C=O) groups excluding carboxylic acids is 1. The van der Waals surface area contributed by atoms with Gasteiger partial charge in [-0.2, -0.15) is 0 Å². The molecule has 28 heavy (non-hydrogen) atoms. The molecule has 2 unspecified atom stereocenters. The molecule has 4 heteroatoms. The van der Waals surface area contributed by atoms with Gasteiger partial charge in [0.15, 0.2) is 0 Å². The Morgan fingerprint density at radius 2 is 1.79 bits per heavy atom. The number of phenols is 1. The van der Waals surface area contributed by atoms with Crippen molar-refractivity contribution in [2.45, 2.75) is 25.2 Å². The Hall–Kier alpha value is -2.43. The monoisotopic (exact) mass is 381 g/mol. The van der Waals surface area contributed by atoms with Crippen molar-refractivity contribution in [3.05, 3.63) is 70.8 Å². The first-order valence-electron chi connectivity index (χ1n) is 9.68. The van der Waals surface area contributed by atoms with E-state index in [-0.39, 0.29) is 0 Å². The molecule has 3 rings (SSSR count). The summed E-state index contributed by atoms with van der Waals surface area (Å²) in [5.41, 5.74) is 4.43. The molecular formula is C24H31NO3. The molecular weight excluding hydrogens is 350 g/mol. The maximum atomic E-state index is 11.0. The number of aldehydes is 1. The Kier molecular flexibility index (Phi) is 8.42. The van der Waals surface area contributed by atoms with Crippen LogP contribution in [0.2, 0.25) is 0 Å². The Bertz CT molecular complexity index is 798. The highest BCUT2D eigenvalue weighted by Crippen LogP contribution is 2.42. The van der Waals surface area contributed by atoms with Crippen LogP contribution < -0.4 is 0 Å². The van der Waals surface area contributed by atoms with Gasteiger partial charge < -0.3 is 15.1 Å². The van der Waals surface area contributed by atoms with Gasteiger partial charge >= 0.3 is 0 Å². The Labute approximate surface area is 168 Å². The summed E-state index contributed by atoms with van der Waals surface area (Å²) < 4.78 is 0. The van der Waals surface area contributed by atoms with Crippen molar-refractivity contribution >= 4 is 12.4 Å². The Morgan fingerprint density at radius 1 is 1.07 bits per heavy atom. The summed E-state index contributed by atoms with van der Waals surface area (Å²) in [4.78, 5) is 13.3. The largest absolute Gasteiger partial charge is 0.508 e. The first-order valence-corrected chi connectivity index (χ1v) is 9.68. The standard InChI is InChI=1S/C23H27NO2.CH4O/c1-24(2)15-21-10-9-18(11-17-5-3-6-19(12-17)16-25)13-23(21)20-7-4-8-22(26)14-20;1-2/h3-8,11-12,14,16,21,23,26H,9-10,13,15H2,1-2H3;2H,1H3/b18-11+;. The highest BCUT2D eigenvalue weighted by Gasteiger charge is 2.29. The number of rotatable bonds is 5. The maximum Gasteiger partial charge on any atom is 0.150 e. The third-order valence-corrected chi connectivity index (χ3v) is 5.20. The highest BCUT2D eigenvalue weighted by atomic mass is 16.3. The zero-order valence-corrected chi connectivity index (χ0v) is 17.0. The second kappa shape index (κ2) is 10.8. The number of benzene rings is 2. The molecule has 0 aliphatic heterocycles. The number of hydrogen-bond acceptors (Lipinski definition) is 4. The molecule has 0 spiro atoms. The second-order valence-electron chi connectivity index (χ2n) is 7.56. The molecule has 0 bridgehead atoms. The third kappa shape index (κ3) is 6.04. The SMILES string of the molecule is CN(C)CC1CC/C(=C\c2cccc(C=O)c2)CC1c1cccc(O)c1.CO. The highest BCUT2D eigenvalue weighted by molar-refractivity contribution is 5.76. The number of carbonyl (C=O) groups is 1. The van der Waals surface area contributed by atoms with Gasteiger partial charge in [-0.15, -0.1) is 0 Å². The summed E-state index contributed by atoms with van der Waals surface area (Å²) >= 11 is 0. The minimum Gasteiger partial charge on any atom is -0.508 e. The topological polar surface area (TPSA) is 60.8 Å². The molecule has 0 saturated heterocycles. The molecule has 2 aromatic rings. The van der Waals surface area contributed by atoms with Crippen LogP contribution in [-0.4, -0.2) is 49.1 Å². The molecule has 1 aliphatic rings. The first kappa shape index (κ1) is 21.9. The predicted molar refractivity (Wildman–Crippen MR) is 115 cm³/mol. The van der Waals surface area contributed by atoms with Gasteiger partial charge in [0.05, 0.1) is 0 Å². The number of aliphatic hydroxyl groups is 1. The fourth-order valence-electron chi connectivity index (χ4n) is 4.05. The quantitative estimate of drug-likeness (QED) is 0.756. The summed E-state index contributed by atoms with van der Waals surface area (Å²) in [6, 6.07) is 15.5. The molecule has 0 aromatic heterocycles. The molecule has 1 fully saturated rings. The van der Waals surface area contributed by atoms with Crippen molar-refractivity contribution < 1.29 is 15.0 Å². The van der Waals surface area contributed by atoms with E-state index < -0.39 is 0 Å². The van der Waals surface area contributed by atoms with E-state index in [0.717, 1.165) is 44.8 Å². The number of allylic oxidation sites excluding steroid dienone is 1. The minimum absolute atomic E-state index is 0.334. The van der Waals surface area contributed by atoms with Crippen molar-refractivity contribution in [3.8, 4) is 5.75 Å². The third-order valence-electron chi connectivity index (χ3n) is 5.20. The van der Waals surface area contributed by atoms with E-state index in [1.165, 1.54) is 11.1 Å². The van der Waals surface area contributed by atoms with Crippen LogP contribution in [0.25, 0.3) is 6.08 Å². The van der Waals surface area contributed by atoms with Crippen LogP contribution in [-0.2, 0) is 0 Å². The lowest BCUT2D eigenvalue weighted by Crippen LogP contribution is -2.29. The summed E-state index contributed by atoms with van der Waals surface area (Å²) in [6.45, 7) is 1.05. The number of phenolic OH excluding ortho intramolecular Hbond substituents is 1. The van der Waals surface area contributed by atoms with Gasteiger partial charge in [0.25, 0.3) is 0 Å². The van der Waals surface area contributed by atoms with Crippen LogP contribution in [0.3, 0.4) is 0 Å². The lowest BCUT2D eigenvalue weighted by Gasteiger charge is -2.35. The van der Waals surface area contributed by atoms with Gasteiger partial charge in [0.2, 0.25) is 0 Å². The van der Waals surface area contributed by atoms with E-state index in [1.54, 1.807) is 6.07 Å². The molecule has 4 nitrogen and oxygen atoms in total. The zero-order chi connectivity index (χ0) is 20.5. The average Bonchev–Trinajstić information content (AvgIpc) is 2.70. The fourth-order valence-corrected chi connectivity index (χ4v) is 4.05. The summed E-state index contributed by atoms with van der Waals surface area (Å²) in [6.07, 6.45) is 6.34. The van der Waals surface area contributed by atoms with E-state index in [9.17, 15) is 9.90 Å². The molecule has 0 heterocycles. The summed E-state index contributed by atoms with van der Waals surface area (Å²) in [5, 5.41) is 16.9. The summed E-state index contributed by atoms with van der Waals surface area (Å²) in [7, 11) is 5.24. The first-order chi connectivity index (χ1) is 13.5. The maximum absolute atomic E-state index is 11.0. The van der Waals surface area contributed by atoms with Gasteiger partial charge in [-0.25, -0.2) is 0 Å². The molecule has 0 radical (unpaired) electrons. The van der Waals surface area contributed by atoms with Gasteiger partial charge in [-0.05, 0) is 74.5 Å². The number of aliphatic hydroxyl groups excluding tert-OH is 1. The van der Waals surface area contributed by atoms with Gasteiger partial charge in [0.1, 0.15) is 12.0 Å². The summed E-state index contributed by atoms with van der Waals surface area (Å²) in [5.74, 6) is 1.31. The van der Waals surface area contributed by atoms with E-state index in [0.29, 0.717) is 23.1 Å². The Morgan fingerprint density at radius 3 is 2.46 bits per heavy atom. The number of aromatic hydroxyl groups is 1. The van der Waals surface area contributed by atoms with Crippen LogP contribution in [0.1, 0.15) is 46.7 Å². The molecule has 150 valence electrons. The van der Waals surface area contributed by atoms with E-state index in [2.05, 4.69) is 37.2 Å². The van der Waals surface area contributed by atoms with Crippen LogP contribution >= 0.6 is 0 Å².